The van der Waals surface area contributed by atoms with Crippen molar-refractivity contribution in [2.75, 3.05) is 33.9 Å². The molecule has 2 rings (SSSR count). The second kappa shape index (κ2) is 3.27. The van der Waals surface area contributed by atoms with Crippen molar-refractivity contribution in [3.8, 4) is 0 Å². The third-order valence-electron chi connectivity index (χ3n) is 3.12. The Labute approximate surface area is 78.2 Å². The molecule has 1 saturated carbocycles. The van der Waals surface area contributed by atoms with Gasteiger partial charge in [-0.2, -0.15) is 0 Å². The summed E-state index contributed by atoms with van der Waals surface area (Å²) in [6, 6.07) is 0. The lowest BCUT2D eigenvalue weighted by Crippen LogP contribution is -2.33. The van der Waals surface area contributed by atoms with Crippen molar-refractivity contribution in [3.05, 3.63) is 0 Å². The van der Waals surface area contributed by atoms with Gasteiger partial charge in [-0.15, -0.1) is 0 Å². The summed E-state index contributed by atoms with van der Waals surface area (Å²) in [5, 5.41) is 3.12. The first-order valence-electron chi connectivity index (χ1n) is 4.72. The van der Waals surface area contributed by atoms with Crippen LogP contribution < -0.4 is 5.32 Å². The molecule has 0 amide bonds. The predicted octanol–water partition coefficient (Wildman–Crippen LogP) is -0.486. The number of nitrogens with one attached hydrogen (secondary N) is 1. The lowest BCUT2D eigenvalue weighted by Gasteiger charge is -2.17. The maximum atomic E-state index is 11.2. The van der Waals surface area contributed by atoms with Crippen LogP contribution in [0.4, 0.5) is 0 Å². The number of hydrogen-bond donors (Lipinski definition) is 1. The zero-order valence-corrected chi connectivity index (χ0v) is 8.12. The summed E-state index contributed by atoms with van der Waals surface area (Å²) < 4.78 is 4.73. The zero-order chi connectivity index (χ0) is 9.42. The second-order valence-corrected chi connectivity index (χ2v) is 3.92. The van der Waals surface area contributed by atoms with E-state index in [0.29, 0.717) is 11.8 Å². The Bertz CT molecular complexity index is 208. The standard InChI is InChI=1S/C9H16N2O2/c1-10-5-11-3-6-7(4-11)8(6)9(12)13-2/h6-8,10H,3-5H2,1-2H3. The first kappa shape index (κ1) is 8.97. The van der Waals surface area contributed by atoms with Gasteiger partial charge >= 0.3 is 5.97 Å². The van der Waals surface area contributed by atoms with Crippen molar-refractivity contribution >= 4 is 5.97 Å². The molecule has 0 aromatic heterocycles. The number of carbonyl (C=O) groups excluding carboxylic acids is 1. The molecule has 4 nitrogen and oxygen atoms in total. The van der Waals surface area contributed by atoms with Crippen molar-refractivity contribution < 1.29 is 9.53 Å². The summed E-state index contributed by atoms with van der Waals surface area (Å²) in [5.41, 5.74) is 0. The van der Waals surface area contributed by atoms with Crippen LogP contribution in [0, 0.1) is 17.8 Å². The molecular weight excluding hydrogens is 168 g/mol. The van der Waals surface area contributed by atoms with E-state index >= 15 is 0 Å². The lowest BCUT2D eigenvalue weighted by atomic mass is 10.3. The smallest absolute Gasteiger partial charge is 0.309 e. The molecule has 0 aromatic rings. The van der Waals surface area contributed by atoms with Gasteiger partial charge in [-0.05, 0) is 18.9 Å². The number of methoxy groups -OCH3 is 1. The maximum Gasteiger partial charge on any atom is 0.309 e. The maximum absolute atomic E-state index is 11.2. The Morgan fingerprint density at radius 2 is 2.15 bits per heavy atom. The van der Waals surface area contributed by atoms with Gasteiger partial charge in [0.05, 0.1) is 13.0 Å². The van der Waals surface area contributed by atoms with Crippen molar-refractivity contribution in [2.45, 2.75) is 0 Å². The van der Waals surface area contributed by atoms with E-state index in [1.54, 1.807) is 0 Å². The highest BCUT2D eigenvalue weighted by Crippen LogP contribution is 2.51. The van der Waals surface area contributed by atoms with E-state index in [1.807, 2.05) is 7.05 Å². The monoisotopic (exact) mass is 184 g/mol. The Morgan fingerprint density at radius 3 is 2.62 bits per heavy atom. The summed E-state index contributed by atoms with van der Waals surface area (Å²) in [5.74, 6) is 1.33. The van der Waals surface area contributed by atoms with Gasteiger partial charge in [-0.3, -0.25) is 9.69 Å². The van der Waals surface area contributed by atoms with Crippen LogP contribution >= 0.6 is 0 Å². The fraction of sp³-hybridized carbons (Fsp3) is 0.889. The zero-order valence-electron chi connectivity index (χ0n) is 8.12. The summed E-state index contributed by atoms with van der Waals surface area (Å²) in [6.45, 7) is 3.03. The molecule has 1 heterocycles. The molecule has 13 heavy (non-hydrogen) atoms. The molecule has 1 saturated heterocycles. The average molecular weight is 184 g/mol. The van der Waals surface area contributed by atoms with Crippen molar-refractivity contribution in [3.63, 3.8) is 0 Å². The predicted molar refractivity (Wildman–Crippen MR) is 48.0 cm³/mol. The minimum Gasteiger partial charge on any atom is -0.469 e. The Balaban J connectivity index is 1.80. The molecule has 1 aliphatic heterocycles. The number of piperidine rings is 1. The third kappa shape index (κ3) is 1.44. The van der Waals surface area contributed by atoms with Gasteiger partial charge < -0.3 is 10.1 Å². The van der Waals surface area contributed by atoms with Gasteiger partial charge in [0, 0.05) is 19.8 Å². The van der Waals surface area contributed by atoms with Crippen LogP contribution in [-0.4, -0.2) is 44.8 Å². The molecule has 74 valence electrons. The van der Waals surface area contributed by atoms with E-state index in [1.165, 1.54) is 7.11 Å². The van der Waals surface area contributed by atoms with E-state index < -0.39 is 0 Å². The van der Waals surface area contributed by atoms with Gasteiger partial charge in [0.25, 0.3) is 0 Å². The first-order chi connectivity index (χ1) is 6.27. The first-order valence-corrected chi connectivity index (χ1v) is 4.72. The molecule has 1 N–H and O–H groups in total. The number of likely N-dealkylation sites (tertiary alicyclic amines) is 1. The van der Waals surface area contributed by atoms with Crippen LogP contribution in [0.5, 0.6) is 0 Å². The molecule has 0 bridgehead atoms. The number of rotatable bonds is 3. The minimum absolute atomic E-state index is 0.0147. The number of fused-ring (bicyclic) bond motifs is 1. The summed E-state index contributed by atoms with van der Waals surface area (Å²) in [6.07, 6.45) is 0. The highest BCUT2D eigenvalue weighted by atomic mass is 16.5. The molecular formula is C9H16N2O2. The van der Waals surface area contributed by atoms with Crippen molar-refractivity contribution in [1.29, 1.82) is 0 Å². The molecule has 2 atom stereocenters. The summed E-state index contributed by atoms with van der Waals surface area (Å²) >= 11 is 0. The highest BCUT2D eigenvalue weighted by Gasteiger charge is 2.59. The van der Waals surface area contributed by atoms with E-state index in [2.05, 4.69) is 10.2 Å². The van der Waals surface area contributed by atoms with Gasteiger partial charge in [-0.1, -0.05) is 0 Å². The highest BCUT2D eigenvalue weighted by molar-refractivity contribution is 5.76. The van der Waals surface area contributed by atoms with Gasteiger partial charge in [0.2, 0.25) is 0 Å². The molecule has 0 aromatic carbocycles. The quantitative estimate of drug-likeness (QED) is 0.601. The lowest BCUT2D eigenvalue weighted by molar-refractivity contribution is -0.143. The molecule has 1 aliphatic carbocycles. The SMILES string of the molecule is CNCN1CC2C(C1)C2C(=O)OC. The molecule has 2 fully saturated rings. The van der Waals surface area contributed by atoms with E-state index in [0.717, 1.165) is 19.8 Å². The number of ether oxygens (including phenoxy) is 1. The molecule has 4 heteroatoms. The number of carbonyl (C=O) groups is 1. The summed E-state index contributed by atoms with van der Waals surface area (Å²) in [4.78, 5) is 13.5. The Kier molecular flexibility index (Phi) is 2.26. The minimum atomic E-state index is -0.0147. The van der Waals surface area contributed by atoms with E-state index in [4.69, 9.17) is 4.74 Å². The number of esters is 1. The van der Waals surface area contributed by atoms with Crippen LogP contribution in [0.15, 0.2) is 0 Å². The number of hydrogen-bond acceptors (Lipinski definition) is 4. The van der Waals surface area contributed by atoms with Crippen molar-refractivity contribution in [1.82, 2.24) is 10.2 Å². The van der Waals surface area contributed by atoms with E-state index in [9.17, 15) is 4.79 Å². The largest absolute Gasteiger partial charge is 0.469 e. The average Bonchev–Trinajstić information content (AvgIpc) is 2.63. The molecule has 0 spiro atoms. The Hall–Kier alpha value is -0.610. The fourth-order valence-corrected chi connectivity index (χ4v) is 2.45. The fourth-order valence-electron chi connectivity index (χ4n) is 2.45. The van der Waals surface area contributed by atoms with Gasteiger partial charge in [0.15, 0.2) is 0 Å². The van der Waals surface area contributed by atoms with Crippen LogP contribution in [-0.2, 0) is 9.53 Å². The van der Waals surface area contributed by atoms with Crippen LogP contribution in [0.1, 0.15) is 0 Å². The van der Waals surface area contributed by atoms with Crippen LogP contribution in [0.2, 0.25) is 0 Å². The van der Waals surface area contributed by atoms with Gasteiger partial charge in [-0.25, -0.2) is 0 Å². The molecule has 2 aliphatic rings. The second-order valence-electron chi connectivity index (χ2n) is 3.92. The summed E-state index contributed by atoms with van der Waals surface area (Å²) in [7, 11) is 3.42. The Morgan fingerprint density at radius 1 is 1.54 bits per heavy atom. The molecule has 0 radical (unpaired) electrons. The normalized spacial score (nSPS) is 37.2. The number of nitrogens with zero attached hydrogens (tertiary/aromatic N) is 1. The topological polar surface area (TPSA) is 41.6 Å². The van der Waals surface area contributed by atoms with Crippen LogP contribution in [0.3, 0.4) is 0 Å². The third-order valence-corrected chi connectivity index (χ3v) is 3.12. The van der Waals surface area contributed by atoms with Crippen molar-refractivity contribution in [2.24, 2.45) is 17.8 Å². The van der Waals surface area contributed by atoms with Crippen LogP contribution in [0.25, 0.3) is 0 Å². The molecule has 2 unspecified atom stereocenters. The van der Waals surface area contributed by atoms with Gasteiger partial charge in [0.1, 0.15) is 0 Å². The van der Waals surface area contributed by atoms with E-state index in [-0.39, 0.29) is 11.9 Å².